The van der Waals surface area contributed by atoms with Gasteiger partial charge in [-0.15, -0.1) is 0 Å². The van der Waals surface area contributed by atoms with Crippen LogP contribution in [0.2, 0.25) is 0 Å². The number of benzene rings is 1. The molecule has 47 heavy (non-hydrogen) atoms. The van der Waals surface area contributed by atoms with Crippen LogP contribution >= 0.6 is 0 Å². The lowest BCUT2D eigenvalue weighted by atomic mass is 9.96. The number of Topliss-reactive ketones (excluding diaryl/α,β-unsaturated/α-hetero) is 1. The van der Waals surface area contributed by atoms with Crippen LogP contribution in [0.25, 0.3) is 0 Å². The number of ether oxygens (including phenoxy) is 6. The summed E-state index contributed by atoms with van der Waals surface area (Å²) in [6.07, 6.45) is -2.63. The van der Waals surface area contributed by atoms with Gasteiger partial charge in [0, 0.05) is 22.3 Å². The first kappa shape index (κ1) is 39.9. The minimum atomic E-state index is -1.49. The third-order valence-corrected chi connectivity index (χ3v) is 5.79. The van der Waals surface area contributed by atoms with Gasteiger partial charge in [0.25, 0.3) is 0 Å². The van der Waals surface area contributed by atoms with E-state index >= 15 is 0 Å². The molecule has 15 nitrogen and oxygen atoms in total. The average Bonchev–Trinajstić information content (AvgIpc) is 3.03. The minimum Gasteiger partial charge on any atom is -0.459 e. The van der Waals surface area contributed by atoms with Crippen molar-refractivity contribution in [3.8, 4) is 0 Å². The molecule has 0 aliphatic carbocycles. The fourth-order valence-corrected chi connectivity index (χ4v) is 3.18. The Bertz CT molecular complexity index is 1420. The predicted octanol–water partition coefficient (Wildman–Crippen LogP) is 1.83. The van der Waals surface area contributed by atoms with Gasteiger partial charge in [0.15, 0.2) is 5.78 Å². The fourth-order valence-electron chi connectivity index (χ4n) is 3.18. The van der Waals surface area contributed by atoms with E-state index in [0.29, 0.717) is 6.42 Å². The van der Waals surface area contributed by atoms with Crippen molar-refractivity contribution < 1.29 is 72.2 Å². The molecule has 0 bridgehead atoms. The Labute approximate surface area is 270 Å². The predicted molar refractivity (Wildman–Crippen MR) is 161 cm³/mol. The molecular weight excluding hydrogens is 624 g/mol. The van der Waals surface area contributed by atoms with Crippen LogP contribution in [0.15, 0.2) is 48.6 Å². The number of aliphatic hydroxyl groups is 2. The third kappa shape index (κ3) is 13.4. The maximum Gasteiger partial charge on any atom is 0.339 e. The Morgan fingerprint density at radius 3 is 1.34 bits per heavy atom. The van der Waals surface area contributed by atoms with Crippen LogP contribution in [0, 0.1) is 0 Å². The van der Waals surface area contributed by atoms with Crippen LogP contribution in [0.3, 0.4) is 0 Å². The van der Waals surface area contributed by atoms with Crippen molar-refractivity contribution in [2.24, 2.45) is 0 Å². The monoisotopic (exact) mass is 662 g/mol. The smallest absolute Gasteiger partial charge is 0.339 e. The van der Waals surface area contributed by atoms with Crippen molar-refractivity contribution >= 4 is 41.6 Å². The van der Waals surface area contributed by atoms with Gasteiger partial charge in [0.05, 0.1) is 16.7 Å². The zero-order chi connectivity index (χ0) is 35.8. The topological polar surface area (TPSA) is 215 Å². The number of hydrogen-bond acceptors (Lipinski definition) is 15. The summed E-state index contributed by atoms with van der Waals surface area (Å²) in [4.78, 5) is 86.5. The first-order chi connectivity index (χ1) is 22.0. The highest BCUT2D eigenvalue weighted by atomic mass is 16.6. The third-order valence-electron chi connectivity index (χ3n) is 5.79. The van der Waals surface area contributed by atoms with E-state index in [1.165, 1.54) is 13.8 Å². The van der Waals surface area contributed by atoms with Crippen molar-refractivity contribution in [1.82, 2.24) is 0 Å². The molecule has 0 aromatic heterocycles. The lowest BCUT2D eigenvalue weighted by Gasteiger charge is -2.16. The zero-order valence-electron chi connectivity index (χ0n) is 26.6. The first-order valence-corrected chi connectivity index (χ1v) is 14.1. The second-order valence-electron chi connectivity index (χ2n) is 9.99. The number of rotatable bonds is 19. The zero-order valence-corrected chi connectivity index (χ0v) is 26.6. The number of aliphatic hydroxyl groups excluding tert-OH is 2. The molecule has 0 spiro atoms. The van der Waals surface area contributed by atoms with E-state index in [1.807, 2.05) is 0 Å². The molecule has 0 saturated carbocycles. The number of carbonyl (C=O) groups is 7. The highest BCUT2D eigenvalue weighted by Crippen LogP contribution is 2.22. The summed E-state index contributed by atoms with van der Waals surface area (Å²) < 4.78 is 29.7. The van der Waals surface area contributed by atoms with Crippen LogP contribution in [0.5, 0.6) is 0 Å². The molecule has 0 saturated heterocycles. The quantitative estimate of drug-likeness (QED) is 0.0710. The van der Waals surface area contributed by atoms with Gasteiger partial charge in [-0.1, -0.05) is 26.7 Å². The molecule has 0 amide bonds. The van der Waals surface area contributed by atoms with Crippen LogP contribution in [-0.4, -0.2) is 104 Å². The van der Waals surface area contributed by atoms with Crippen molar-refractivity contribution in [3.63, 3.8) is 0 Å². The normalized spacial score (nSPS) is 11.6. The first-order valence-electron chi connectivity index (χ1n) is 14.1. The molecule has 256 valence electrons. The standard InChI is InChI=1S/C32H38O15/c1-8-19(6)29(38)42-9-10-43-30(39)25-11-23(20(7)33)24(31(40)46-15-21(34)13-44-27(36)17(2)3)12-26(25)32(41)47-16-22(35)14-45-28(37)18(4)5/h11-12,21-22,34-35H,2,4,6,8-10,13-16H2,1,3,5,7H3. The maximum absolute atomic E-state index is 13.1. The molecule has 0 fully saturated rings. The Hall–Kier alpha value is -5.15. The molecule has 0 radical (unpaired) electrons. The lowest BCUT2D eigenvalue weighted by molar-refractivity contribution is -0.143. The highest BCUT2D eigenvalue weighted by molar-refractivity contribution is 6.11. The summed E-state index contributed by atoms with van der Waals surface area (Å²) in [5.41, 5.74) is -1.68. The molecule has 2 N–H and O–H groups in total. The highest BCUT2D eigenvalue weighted by Gasteiger charge is 2.28. The second-order valence-corrected chi connectivity index (χ2v) is 9.99. The molecule has 1 aromatic rings. The van der Waals surface area contributed by atoms with E-state index in [1.54, 1.807) is 6.92 Å². The molecule has 15 heteroatoms. The van der Waals surface area contributed by atoms with Gasteiger partial charge < -0.3 is 38.6 Å². The molecule has 2 unspecified atom stereocenters. The van der Waals surface area contributed by atoms with Crippen LogP contribution < -0.4 is 0 Å². The molecule has 0 heterocycles. The second kappa shape index (κ2) is 19.4. The largest absolute Gasteiger partial charge is 0.459 e. The van der Waals surface area contributed by atoms with Crippen molar-refractivity contribution in [1.29, 1.82) is 0 Å². The minimum absolute atomic E-state index is 0.0628. The molecule has 0 aliphatic heterocycles. The van der Waals surface area contributed by atoms with E-state index in [-0.39, 0.29) is 28.9 Å². The summed E-state index contributed by atoms with van der Waals surface area (Å²) >= 11 is 0. The molecule has 0 aliphatic rings. The lowest BCUT2D eigenvalue weighted by Crippen LogP contribution is -2.27. The molecule has 1 aromatic carbocycles. The number of hydrogen-bond donors (Lipinski definition) is 2. The Kier molecular flexibility index (Phi) is 16.4. The van der Waals surface area contributed by atoms with Crippen LogP contribution in [0.4, 0.5) is 0 Å². The van der Waals surface area contributed by atoms with Gasteiger partial charge in [0.1, 0.15) is 51.8 Å². The van der Waals surface area contributed by atoms with E-state index < -0.39 is 104 Å². The summed E-state index contributed by atoms with van der Waals surface area (Å²) in [6, 6.07) is 1.71. The summed E-state index contributed by atoms with van der Waals surface area (Å²) in [5, 5.41) is 20.1. The van der Waals surface area contributed by atoms with Gasteiger partial charge >= 0.3 is 35.8 Å². The van der Waals surface area contributed by atoms with Crippen molar-refractivity contribution in [3.05, 3.63) is 70.8 Å². The van der Waals surface area contributed by atoms with E-state index in [4.69, 9.17) is 28.4 Å². The number of carbonyl (C=O) groups excluding carboxylic acids is 7. The molecule has 2 atom stereocenters. The SMILES string of the molecule is C=C(C)C(=O)OCC(O)COC(=O)c1cc(C(=O)OCC(O)COC(=O)C(=C)C)c(C(=O)OCCOC(=O)C(=C)CC)cc1C(C)=O. The van der Waals surface area contributed by atoms with E-state index in [0.717, 1.165) is 19.1 Å². The molecular formula is C32H38O15. The maximum atomic E-state index is 13.1. The number of esters is 6. The van der Waals surface area contributed by atoms with Crippen LogP contribution in [0.1, 0.15) is 75.5 Å². The van der Waals surface area contributed by atoms with Gasteiger partial charge in [-0.25, -0.2) is 28.8 Å². The van der Waals surface area contributed by atoms with E-state index in [2.05, 4.69) is 19.7 Å². The van der Waals surface area contributed by atoms with Gasteiger partial charge in [-0.2, -0.15) is 0 Å². The summed E-state index contributed by atoms with van der Waals surface area (Å²) in [6.45, 7) is 12.5. The van der Waals surface area contributed by atoms with Crippen LogP contribution in [-0.2, 0) is 42.8 Å². The van der Waals surface area contributed by atoms with Gasteiger partial charge in [-0.3, -0.25) is 4.79 Å². The summed E-state index contributed by atoms with van der Waals surface area (Å²) in [7, 11) is 0. The fraction of sp³-hybridized carbons (Fsp3) is 0.406. The van der Waals surface area contributed by atoms with Gasteiger partial charge in [0.2, 0.25) is 0 Å². The van der Waals surface area contributed by atoms with Crippen molar-refractivity contribution in [2.75, 3.05) is 39.6 Å². The van der Waals surface area contributed by atoms with Gasteiger partial charge in [-0.05, 0) is 39.3 Å². The van der Waals surface area contributed by atoms with Crippen molar-refractivity contribution in [2.45, 2.75) is 46.3 Å². The van der Waals surface area contributed by atoms with E-state index in [9.17, 15) is 43.8 Å². The Morgan fingerprint density at radius 2 is 0.936 bits per heavy atom. The Balaban J connectivity index is 3.28. The average molecular weight is 663 g/mol. The number of ketones is 1. The summed E-state index contributed by atoms with van der Waals surface area (Å²) in [5.74, 6) is -6.66. The Morgan fingerprint density at radius 1 is 0.574 bits per heavy atom. The molecule has 1 rings (SSSR count).